The highest BCUT2D eigenvalue weighted by molar-refractivity contribution is 5.62. The maximum absolute atomic E-state index is 9.10. The number of aliphatic hydroxyl groups is 2. The lowest BCUT2D eigenvalue weighted by Crippen LogP contribution is -2.40. The van der Waals surface area contributed by atoms with E-state index in [1.54, 1.807) is 7.05 Å². The summed E-state index contributed by atoms with van der Waals surface area (Å²) in [4.78, 5) is 9.00. The molecule has 13 heavy (non-hydrogen) atoms. The van der Waals surface area contributed by atoms with Gasteiger partial charge in [0, 0.05) is 6.92 Å². The van der Waals surface area contributed by atoms with Crippen LogP contribution in [0.2, 0.25) is 0 Å². The van der Waals surface area contributed by atoms with E-state index < -0.39 is 12.1 Å². The summed E-state index contributed by atoms with van der Waals surface area (Å²) in [5.74, 6) is -0.833. The van der Waals surface area contributed by atoms with Crippen LogP contribution in [-0.4, -0.2) is 47.1 Å². The van der Waals surface area contributed by atoms with Gasteiger partial charge in [0.1, 0.15) is 0 Å². The standard InChI is InChI=1S/C6H15NO2.C2H4O2/c1-3-6(9)5(4-8)7-2;1-2(3)4/h5-9H,3-4H2,1-2H3;1H3,(H,3,4). The van der Waals surface area contributed by atoms with E-state index in [-0.39, 0.29) is 12.6 Å². The summed E-state index contributed by atoms with van der Waals surface area (Å²) in [6.45, 7) is 2.95. The fraction of sp³-hybridized carbons (Fsp3) is 0.875. The molecule has 0 saturated heterocycles. The fourth-order valence-electron chi connectivity index (χ4n) is 0.690. The van der Waals surface area contributed by atoms with Crippen molar-refractivity contribution in [2.75, 3.05) is 13.7 Å². The number of aliphatic carboxylic acids is 1. The van der Waals surface area contributed by atoms with Crippen LogP contribution in [0.5, 0.6) is 0 Å². The third-order valence-electron chi connectivity index (χ3n) is 1.45. The van der Waals surface area contributed by atoms with Gasteiger partial charge in [-0.25, -0.2) is 0 Å². The van der Waals surface area contributed by atoms with E-state index in [1.165, 1.54) is 0 Å². The average Bonchev–Trinajstić information content (AvgIpc) is 2.05. The largest absolute Gasteiger partial charge is 0.481 e. The molecule has 0 fully saturated rings. The molecule has 2 atom stereocenters. The van der Waals surface area contributed by atoms with Gasteiger partial charge in [-0.3, -0.25) is 4.79 Å². The summed E-state index contributed by atoms with van der Waals surface area (Å²) >= 11 is 0. The molecule has 4 N–H and O–H groups in total. The first-order chi connectivity index (χ1) is 5.99. The van der Waals surface area contributed by atoms with Crippen LogP contribution in [0.25, 0.3) is 0 Å². The SMILES string of the molecule is CC(=O)O.CCC(O)C(CO)NC. The number of hydrogen-bond donors (Lipinski definition) is 4. The van der Waals surface area contributed by atoms with Gasteiger partial charge in [0.25, 0.3) is 5.97 Å². The number of rotatable bonds is 4. The van der Waals surface area contributed by atoms with Gasteiger partial charge in [0.2, 0.25) is 0 Å². The van der Waals surface area contributed by atoms with E-state index in [4.69, 9.17) is 20.1 Å². The minimum absolute atomic E-state index is 0.00843. The smallest absolute Gasteiger partial charge is 0.300 e. The molecule has 0 aromatic heterocycles. The second-order valence-corrected chi connectivity index (χ2v) is 2.57. The number of carboxylic acid groups (broad SMARTS) is 1. The molecule has 5 heteroatoms. The number of nitrogens with one attached hydrogen (secondary N) is 1. The lowest BCUT2D eigenvalue weighted by Gasteiger charge is -2.17. The molecular weight excluding hydrogens is 174 g/mol. The summed E-state index contributed by atoms with van der Waals surface area (Å²) in [5.41, 5.74) is 0. The third-order valence-corrected chi connectivity index (χ3v) is 1.45. The Bertz CT molecular complexity index is 121. The number of hydrogen-bond acceptors (Lipinski definition) is 4. The minimum atomic E-state index is -0.833. The molecule has 0 rings (SSSR count). The van der Waals surface area contributed by atoms with Crippen LogP contribution >= 0.6 is 0 Å². The summed E-state index contributed by atoms with van der Waals surface area (Å²) in [5, 5.41) is 27.9. The van der Waals surface area contributed by atoms with Crippen LogP contribution in [0.15, 0.2) is 0 Å². The van der Waals surface area contributed by atoms with Gasteiger partial charge in [-0.15, -0.1) is 0 Å². The Morgan fingerprint density at radius 1 is 1.54 bits per heavy atom. The predicted octanol–water partition coefficient (Wildman–Crippen LogP) is -0.571. The Morgan fingerprint density at radius 2 is 1.92 bits per heavy atom. The Hall–Kier alpha value is -0.650. The van der Waals surface area contributed by atoms with Crippen molar-refractivity contribution in [3.63, 3.8) is 0 Å². The number of carboxylic acids is 1. The molecule has 2 unspecified atom stereocenters. The molecular formula is C8H19NO4. The molecule has 0 aliphatic carbocycles. The minimum Gasteiger partial charge on any atom is -0.481 e. The van der Waals surface area contributed by atoms with Crippen molar-refractivity contribution in [2.45, 2.75) is 32.4 Å². The van der Waals surface area contributed by atoms with Crippen molar-refractivity contribution >= 4 is 5.97 Å². The average molecular weight is 193 g/mol. The predicted molar refractivity (Wildman–Crippen MR) is 49.5 cm³/mol. The normalized spacial score (nSPS) is 13.9. The van der Waals surface area contributed by atoms with Crippen LogP contribution in [0.1, 0.15) is 20.3 Å². The van der Waals surface area contributed by atoms with E-state index in [0.717, 1.165) is 6.92 Å². The van der Waals surface area contributed by atoms with Gasteiger partial charge in [0.15, 0.2) is 0 Å². The molecule has 0 radical (unpaired) electrons. The number of carbonyl (C=O) groups is 1. The van der Waals surface area contributed by atoms with Crippen molar-refractivity contribution in [3.8, 4) is 0 Å². The maximum atomic E-state index is 9.10. The fourth-order valence-corrected chi connectivity index (χ4v) is 0.690. The molecule has 0 aliphatic rings. The van der Waals surface area contributed by atoms with Crippen LogP contribution in [0.4, 0.5) is 0 Å². The zero-order valence-corrected chi connectivity index (χ0v) is 8.32. The van der Waals surface area contributed by atoms with E-state index >= 15 is 0 Å². The lowest BCUT2D eigenvalue weighted by molar-refractivity contribution is -0.134. The van der Waals surface area contributed by atoms with Crippen molar-refractivity contribution in [1.82, 2.24) is 5.32 Å². The molecule has 0 saturated carbocycles. The summed E-state index contributed by atoms with van der Waals surface area (Å²) in [6.07, 6.45) is 0.242. The Morgan fingerprint density at radius 3 is 2.00 bits per heavy atom. The molecule has 0 aliphatic heterocycles. The zero-order chi connectivity index (χ0) is 10.9. The monoisotopic (exact) mass is 193 g/mol. The Labute approximate surface area is 78.4 Å². The molecule has 0 heterocycles. The van der Waals surface area contributed by atoms with E-state index in [2.05, 4.69) is 5.32 Å². The molecule has 0 spiro atoms. The van der Waals surface area contributed by atoms with Gasteiger partial charge >= 0.3 is 0 Å². The molecule has 5 nitrogen and oxygen atoms in total. The lowest BCUT2D eigenvalue weighted by atomic mass is 10.1. The first-order valence-electron chi connectivity index (χ1n) is 4.15. The van der Waals surface area contributed by atoms with Crippen LogP contribution in [-0.2, 0) is 4.79 Å². The van der Waals surface area contributed by atoms with E-state index in [9.17, 15) is 0 Å². The highest BCUT2D eigenvalue weighted by Crippen LogP contribution is 1.95. The molecule has 0 aromatic carbocycles. The summed E-state index contributed by atoms with van der Waals surface area (Å²) < 4.78 is 0. The quantitative estimate of drug-likeness (QED) is 0.480. The molecule has 0 aromatic rings. The first-order valence-corrected chi connectivity index (χ1v) is 4.15. The van der Waals surface area contributed by atoms with E-state index in [0.29, 0.717) is 6.42 Å². The third kappa shape index (κ3) is 11.3. The van der Waals surface area contributed by atoms with Gasteiger partial charge < -0.3 is 20.6 Å². The van der Waals surface area contributed by atoms with Crippen molar-refractivity contribution in [1.29, 1.82) is 0 Å². The second-order valence-electron chi connectivity index (χ2n) is 2.57. The van der Waals surface area contributed by atoms with E-state index in [1.807, 2.05) is 6.92 Å². The van der Waals surface area contributed by atoms with Crippen molar-refractivity contribution < 1.29 is 20.1 Å². The summed E-state index contributed by atoms with van der Waals surface area (Å²) in [6, 6.07) is -0.171. The topological polar surface area (TPSA) is 89.8 Å². The Balaban J connectivity index is 0. The van der Waals surface area contributed by atoms with Gasteiger partial charge in [-0.2, -0.15) is 0 Å². The van der Waals surface area contributed by atoms with Crippen molar-refractivity contribution in [2.24, 2.45) is 0 Å². The van der Waals surface area contributed by atoms with Gasteiger partial charge in [-0.1, -0.05) is 6.92 Å². The van der Waals surface area contributed by atoms with Crippen LogP contribution in [0, 0.1) is 0 Å². The van der Waals surface area contributed by atoms with Crippen LogP contribution in [0.3, 0.4) is 0 Å². The molecule has 0 bridgehead atoms. The summed E-state index contributed by atoms with van der Waals surface area (Å²) in [7, 11) is 1.72. The van der Waals surface area contributed by atoms with Crippen LogP contribution < -0.4 is 5.32 Å². The second kappa shape index (κ2) is 9.44. The maximum Gasteiger partial charge on any atom is 0.300 e. The first kappa shape index (κ1) is 14.9. The van der Waals surface area contributed by atoms with Crippen molar-refractivity contribution in [3.05, 3.63) is 0 Å². The highest BCUT2D eigenvalue weighted by Gasteiger charge is 2.12. The molecule has 0 amide bonds. The number of aliphatic hydroxyl groups excluding tert-OH is 2. The Kier molecular flexibility index (Phi) is 10.8. The van der Waals surface area contributed by atoms with Gasteiger partial charge in [-0.05, 0) is 13.5 Å². The number of likely N-dealkylation sites (N-methyl/N-ethyl adjacent to an activating group) is 1. The zero-order valence-electron chi connectivity index (χ0n) is 8.32. The van der Waals surface area contributed by atoms with Gasteiger partial charge in [0.05, 0.1) is 18.8 Å². The highest BCUT2D eigenvalue weighted by atomic mass is 16.4. The molecule has 80 valence electrons.